The van der Waals surface area contributed by atoms with Crippen LogP contribution in [-0.4, -0.2) is 38.3 Å². The highest BCUT2D eigenvalue weighted by Gasteiger charge is 2.28. The molecule has 0 radical (unpaired) electrons. The van der Waals surface area contributed by atoms with Crippen molar-refractivity contribution in [2.45, 2.75) is 30.4 Å². The van der Waals surface area contributed by atoms with Gasteiger partial charge in [-0.15, -0.1) is 6.58 Å². The summed E-state index contributed by atoms with van der Waals surface area (Å²) < 4.78 is 35.1. The van der Waals surface area contributed by atoms with E-state index in [0.29, 0.717) is 5.56 Å². The van der Waals surface area contributed by atoms with Crippen LogP contribution in [0.3, 0.4) is 0 Å². The molecule has 0 spiro atoms. The lowest BCUT2D eigenvalue weighted by Crippen LogP contribution is -2.35. The number of carbonyl (C=O) groups excluding carboxylic acids is 1. The smallest absolute Gasteiger partial charge is 0.338 e. The Morgan fingerprint density at radius 1 is 1.15 bits per heavy atom. The van der Waals surface area contributed by atoms with Crippen molar-refractivity contribution in [3.05, 3.63) is 78.4 Å². The first-order chi connectivity index (χ1) is 12.8. The molecule has 0 saturated heterocycles. The maximum absolute atomic E-state index is 12.4. The lowest BCUT2D eigenvalue weighted by molar-refractivity contribution is -0.0144. The monoisotopic (exact) mass is 390 g/mol. The minimum atomic E-state index is -4.08. The Kier molecular flexibility index (Phi) is 7.29. The second-order valence-electron chi connectivity index (χ2n) is 5.96. The topological polar surface area (TPSA) is 89.9 Å². The van der Waals surface area contributed by atoms with Crippen LogP contribution in [0.5, 0.6) is 0 Å². The minimum absolute atomic E-state index is 0.0179. The maximum atomic E-state index is 12.4. The molecular weight excluding hydrogens is 368 g/mol. The lowest BCUT2D eigenvalue weighted by Gasteiger charge is -2.21. The fourth-order valence-corrected chi connectivity index (χ4v) is 3.39. The van der Waals surface area contributed by atoms with E-state index in [1.165, 1.54) is 18.2 Å². The van der Waals surface area contributed by atoms with E-state index in [0.717, 1.165) is 5.56 Å². The standard InChI is InChI=1S/C20H22O6S/c1-3-7-19(26-27(23,24)17-12-10-15(2)11-13-17)18(21)14-25-20(22)16-8-5-4-6-9-16/h3-6,8-13,18-19,21H,1,7,14H2,2H3/t18-,19+/m1/s1. The molecule has 0 saturated carbocycles. The van der Waals surface area contributed by atoms with E-state index < -0.39 is 34.9 Å². The van der Waals surface area contributed by atoms with Gasteiger partial charge in [0.25, 0.3) is 10.1 Å². The highest BCUT2D eigenvalue weighted by Crippen LogP contribution is 2.19. The van der Waals surface area contributed by atoms with E-state index in [1.54, 1.807) is 42.5 Å². The maximum Gasteiger partial charge on any atom is 0.338 e. The number of hydrogen-bond acceptors (Lipinski definition) is 6. The van der Waals surface area contributed by atoms with Crippen LogP contribution in [0, 0.1) is 6.92 Å². The van der Waals surface area contributed by atoms with Crippen LogP contribution in [0.1, 0.15) is 22.3 Å². The Hall–Kier alpha value is -2.48. The summed E-state index contributed by atoms with van der Waals surface area (Å²) in [6, 6.07) is 14.4. The minimum Gasteiger partial charge on any atom is -0.459 e. The Bertz CT molecular complexity index is 859. The van der Waals surface area contributed by atoms with Gasteiger partial charge in [0, 0.05) is 0 Å². The van der Waals surface area contributed by atoms with E-state index in [-0.39, 0.29) is 11.3 Å². The van der Waals surface area contributed by atoms with Crippen LogP contribution in [0.4, 0.5) is 0 Å². The summed E-state index contributed by atoms with van der Waals surface area (Å²) in [5, 5.41) is 10.3. The van der Waals surface area contributed by atoms with Crippen molar-refractivity contribution in [1.82, 2.24) is 0 Å². The molecule has 0 heterocycles. The van der Waals surface area contributed by atoms with Crippen LogP contribution < -0.4 is 0 Å². The van der Waals surface area contributed by atoms with E-state index in [4.69, 9.17) is 8.92 Å². The second kappa shape index (κ2) is 9.45. The summed E-state index contributed by atoms with van der Waals surface area (Å²) in [5.74, 6) is -0.617. The zero-order valence-electron chi connectivity index (χ0n) is 14.9. The third-order valence-electron chi connectivity index (χ3n) is 3.78. The highest BCUT2D eigenvalue weighted by atomic mass is 32.2. The lowest BCUT2D eigenvalue weighted by atomic mass is 10.1. The first-order valence-corrected chi connectivity index (χ1v) is 9.75. The molecule has 1 N–H and O–H groups in total. The van der Waals surface area contributed by atoms with Crippen molar-refractivity contribution in [2.75, 3.05) is 6.61 Å². The van der Waals surface area contributed by atoms with Crippen LogP contribution >= 0.6 is 0 Å². The van der Waals surface area contributed by atoms with Gasteiger partial charge < -0.3 is 9.84 Å². The molecule has 2 atom stereocenters. The van der Waals surface area contributed by atoms with Crippen molar-refractivity contribution in [2.24, 2.45) is 0 Å². The van der Waals surface area contributed by atoms with Gasteiger partial charge in [0.1, 0.15) is 18.8 Å². The third kappa shape index (κ3) is 6.02. The fourth-order valence-electron chi connectivity index (χ4n) is 2.27. The number of carbonyl (C=O) groups is 1. The van der Waals surface area contributed by atoms with E-state index >= 15 is 0 Å². The van der Waals surface area contributed by atoms with E-state index in [9.17, 15) is 18.3 Å². The van der Waals surface area contributed by atoms with E-state index in [1.807, 2.05) is 6.92 Å². The number of aryl methyl sites for hydroxylation is 1. The number of hydrogen-bond donors (Lipinski definition) is 1. The molecule has 0 aliphatic carbocycles. The van der Waals surface area contributed by atoms with Crippen LogP contribution in [0.2, 0.25) is 0 Å². The van der Waals surface area contributed by atoms with Crippen molar-refractivity contribution < 1.29 is 27.2 Å². The Morgan fingerprint density at radius 3 is 2.37 bits per heavy atom. The number of ether oxygens (including phenoxy) is 1. The number of benzene rings is 2. The summed E-state index contributed by atoms with van der Waals surface area (Å²) >= 11 is 0. The molecular formula is C20H22O6S. The quantitative estimate of drug-likeness (QED) is 0.402. The molecule has 0 aliphatic rings. The first-order valence-electron chi connectivity index (χ1n) is 8.34. The molecule has 2 rings (SSSR count). The van der Waals surface area contributed by atoms with Gasteiger partial charge in [-0.25, -0.2) is 4.79 Å². The molecule has 27 heavy (non-hydrogen) atoms. The largest absolute Gasteiger partial charge is 0.459 e. The Morgan fingerprint density at radius 2 is 1.78 bits per heavy atom. The number of rotatable bonds is 9. The molecule has 0 amide bonds. The van der Waals surface area contributed by atoms with Crippen molar-refractivity contribution in [3.63, 3.8) is 0 Å². The molecule has 7 heteroatoms. The Balaban J connectivity index is 2.03. The van der Waals surface area contributed by atoms with Gasteiger partial charge in [-0.2, -0.15) is 8.42 Å². The van der Waals surface area contributed by atoms with Crippen LogP contribution in [-0.2, 0) is 19.0 Å². The van der Waals surface area contributed by atoms with Crippen molar-refractivity contribution in [1.29, 1.82) is 0 Å². The SMILES string of the molecule is C=CC[C@H](OS(=O)(=O)c1ccc(C)cc1)[C@H](O)COC(=O)c1ccccc1. The van der Waals surface area contributed by atoms with Gasteiger partial charge in [0.15, 0.2) is 0 Å². The molecule has 2 aromatic rings. The summed E-state index contributed by atoms with van der Waals surface area (Å²) in [6.07, 6.45) is -0.972. The predicted molar refractivity (Wildman–Crippen MR) is 101 cm³/mol. The van der Waals surface area contributed by atoms with Gasteiger partial charge in [0.2, 0.25) is 0 Å². The molecule has 6 nitrogen and oxygen atoms in total. The van der Waals surface area contributed by atoms with E-state index in [2.05, 4.69) is 6.58 Å². The van der Waals surface area contributed by atoms with Crippen molar-refractivity contribution >= 4 is 16.1 Å². The Labute approximate surface area is 159 Å². The molecule has 144 valence electrons. The summed E-state index contributed by atoms with van der Waals surface area (Å²) in [7, 11) is -4.08. The van der Waals surface area contributed by atoms with Crippen LogP contribution in [0.15, 0.2) is 72.1 Å². The summed E-state index contributed by atoms with van der Waals surface area (Å²) in [5.41, 5.74) is 1.24. The molecule has 2 aromatic carbocycles. The zero-order chi connectivity index (χ0) is 19.9. The predicted octanol–water partition coefficient (Wildman–Crippen LogP) is 2.86. The summed E-state index contributed by atoms with van der Waals surface area (Å²) in [4.78, 5) is 11.9. The van der Waals surface area contributed by atoms with Gasteiger partial charge in [-0.3, -0.25) is 4.18 Å². The number of aliphatic hydroxyl groups excluding tert-OH is 1. The number of esters is 1. The molecule has 0 fully saturated rings. The molecule has 0 aromatic heterocycles. The molecule has 0 unspecified atom stereocenters. The van der Waals surface area contributed by atoms with Gasteiger partial charge in [0.05, 0.1) is 10.5 Å². The fraction of sp³-hybridized carbons (Fsp3) is 0.250. The second-order valence-corrected chi connectivity index (χ2v) is 7.53. The van der Waals surface area contributed by atoms with Crippen molar-refractivity contribution in [3.8, 4) is 0 Å². The van der Waals surface area contributed by atoms with Gasteiger partial charge in [-0.1, -0.05) is 42.0 Å². The van der Waals surface area contributed by atoms with Gasteiger partial charge >= 0.3 is 5.97 Å². The zero-order valence-corrected chi connectivity index (χ0v) is 15.8. The third-order valence-corrected chi connectivity index (χ3v) is 5.13. The number of aliphatic hydroxyl groups is 1. The first kappa shape index (κ1) is 20.8. The normalized spacial score (nSPS) is 13.6. The summed E-state index contributed by atoms with van der Waals surface area (Å²) in [6.45, 7) is 4.98. The van der Waals surface area contributed by atoms with Crippen LogP contribution in [0.25, 0.3) is 0 Å². The molecule has 0 bridgehead atoms. The molecule has 0 aliphatic heterocycles. The average molecular weight is 390 g/mol. The highest BCUT2D eigenvalue weighted by molar-refractivity contribution is 7.86. The van der Waals surface area contributed by atoms with Gasteiger partial charge in [-0.05, 0) is 37.6 Å². The average Bonchev–Trinajstić information content (AvgIpc) is 2.66.